The van der Waals surface area contributed by atoms with Gasteiger partial charge in [0, 0.05) is 30.7 Å². The normalized spacial score (nSPS) is 20.5. The number of aliphatic hydroxyl groups is 2. The second-order valence-electron chi connectivity index (χ2n) is 10.4. The van der Waals surface area contributed by atoms with Crippen LogP contribution in [-0.2, 0) is 6.42 Å². The van der Waals surface area contributed by atoms with Gasteiger partial charge in [-0.3, -0.25) is 0 Å². The van der Waals surface area contributed by atoms with E-state index in [0.717, 1.165) is 48.5 Å². The van der Waals surface area contributed by atoms with Crippen LogP contribution in [0, 0.1) is 11.7 Å². The van der Waals surface area contributed by atoms with Gasteiger partial charge in [-0.15, -0.1) is 0 Å². The Hall–Kier alpha value is -3.28. The van der Waals surface area contributed by atoms with Crippen LogP contribution in [0.15, 0.2) is 61.1 Å². The second-order valence-corrected chi connectivity index (χ2v) is 10.8. The molecule has 0 spiro atoms. The maximum absolute atomic E-state index is 14.5. The molecule has 5 N–H and O–H groups in total. The molecule has 9 nitrogen and oxygen atoms in total. The summed E-state index contributed by atoms with van der Waals surface area (Å²) in [6.45, 7) is 2.95. The Kier molecular flexibility index (Phi) is 9.68. The molecule has 2 aromatic carbocycles. The van der Waals surface area contributed by atoms with E-state index < -0.39 is 18.0 Å². The lowest BCUT2D eigenvalue weighted by Gasteiger charge is -2.19. The van der Waals surface area contributed by atoms with Gasteiger partial charge in [-0.2, -0.15) is 0 Å². The molecule has 4 atom stereocenters. The lowest BCUT2D eigenvalue weighted by molar-refractivity contribution is 0.00694. The third-order valence-corrected chi connectivity index (χ3v) is 7.87. The highest BCUT2D eigenvalue weighted by Crippen LogP contribution is 2.37. The van der Waals surface area contributed by atoms with Crippen LogP contribution in [0.25, 0.3) is 11.0 Å². The molecule has 41 heavy (non-hydrogen) atoms. The van der Waals surface area contributed by atoms with Gasteiger partial charge >= 0.3 is 0 Å². The number of nitrogens with one attached hydrogen (secondary N) is 3. The Morgan fingerprint density at radius 2 is 1.83 bits per heavy atom. The van der Waals surface area contributed by atoms with Gasteiger partial charge in [0.25, 0.3) is 0 Å². The standard InChI is InChI=1S/C30H36ClFN6O3/c1-33-29-23-10-14-38(30(23)37-18-36-29)25-16-20(27(39)28(25)40)17-35-12-2-11-34-13-9-19-3-8-26(24(32)15-19)41-22-6-4-21(31)5-7-22/h3-8,10,14-15,18,20,25,27-28,34-35,39-40H,2,9,11-13,16-17H2,1H3,(H,33,36,37)/t20-,25-,27-,28+/m1/s1. The molecule has 0 bridgehead atoms. The van der Waals surface area contributed by atoms with Gasteiger partial charge in [0.2, 0.25) is 0 Å². The lowest BCUT2D eigenvalue weighted by atomic mass is 10.1. The lowest BCUT2D eigenvalue weighted by Crippen LogP contribution is -2.34. The summed E-state index contributed by atoms with van der Waals surface area (Å²) in [5.41, 5.74) is 1.63. The molecular formula is C30H36ClFN6O3. The monoisotopic (exact) mass is 582 g/mol. The molecule has 0 unspecified atom stereocenters. The van der Waals surface area contributed by atoms with Gasteiger partial charge in [0.15, 0.2) is 11.6 Å². The first-order valence-electron chi connectivity index (χ1n) is 13.9. The maximum Gasteiger partial charge on any atom is 0.165 e. The van der Waals surface area contributed by atoms with E-state index in [1.165, 1.54) is 12.4 Å². The minimum Gasteiger partial charge on any atom is -0.454 e. The van der Waals surface area contributed by atoms with Crippen molar-refractivity contribution in [2.45, 2.75) is 37.5 Å². The smallest absolute Gasteiger partial charge is 0.165 e. The van der Waals surface area contributed by atoms with Crippen molar-refractivity contribution in [3.8, 4) is 11.5 Å². The van der Waals surface area contributed by atoms with Gasteiger partial charge in [-0.1, -0.05) is 17.7 Å². The third kappa shape index (κ3) is 6.97. The van der Waals surface area contributed by atoms with E-state index in [1.807, 2.05) is 29.9 Å². The Labute approximate surface area is 243 Å². The third-order valence-electron chi connectivity index (χ3n) is 7.62. The average Bonchev–Trinajstić information content (AvgIpc) is 3.53. The topological polar surface area (TPSA) is 116 Å². The largest absolute Gasteiger partial charge is 0.454 e. The first-order chi connectivity index (χ1) is 19.9. The fourth-order valence-corrected chi connectivity index (χ4v) is 5.54. The molecule has 0 aliphatic heterocycles. The summed E-state index contributed by atoms with van der Waals surface area (Å²) >= 11 is 5.88. The minimum absolute atomic E-state index is 0.0624. The summed E-state index contributed by atoms with van der Waals surface area (Å²) in [5, 5.41) is 32.8. The second kappa shape index (κ2) is 13.6. The van der Waals surface area contributed by atoms with Crippen LogP contribution >= 0.6 is 11.6 Å². The molecule has 0 saturated heterocycles. The molecule has 218 valence electrons. The molecule has 11 heteroatoms. The highest BCUT2D eigenvalue weighted by Gasteiger charge is 2.42. The number of hydrogen-bond donors (Lipinski definition) is 5. The maximum atomic E-state index is 14.5. The number of aliphatic hydroxyl groups excluding tert-OH is 2. The van der Waals surface area contributed by atoms with Crippen molar-refractivity contribution in [2.24, 2.45) is 5.92 Å². The average molecular weight is 583 g/mol. The van der Waals surface area contributed by atoms with E-state index in [0.29, 0.717) is 30.2 Å². The molecule has 2 aromatic heterocycles. The fourth-order valence-electron chi connectivity index (χ4n) is 5.41. The van der Waals surface area contributed by atoms with E-state index >= 15 is 0 Å². The van der Waals surface area contributed by atoms with E-state index in [4.69, 9.17) is 16.3 Å². The van der Waals surface area contributed by atoms with Gasteiger partial charge < -0.3 is 35.5 Å². The van der Waals surface area contributed by atoms with Crippen LogP contribution in [-0.4, -0.2) is 70.2 Å². The predicted octanol–water partition coefficient (Wildman–Crippen LogP) is 4.15. The van der Waals surface area contributed by atoms with Crippen molar-refractivity contribution >= 4 is 28.5 Å². The number of rotatable bonds is 13. The number of ether oxygens (including phenoxy) is 1. The number of hydrogen-bond acceptors (Lipinski definition) is 8. The number of benzene rings is 2. The van der Waals surface area contributed by atoms with Crippen molar-refractivity contribution in [3.63, 3.8) is 0 Å². The summed E-state index contributed by atoms with van der Waals surface area (Å²) in [7, 11) is 1.81. The molecule has 1 aliphatic carbocycles. The fraction of sp³-hybridized carbons (Fsp3) is 0.400. The zero-order valence-electron chi connectivity index (χ0n) is 22.9. The Morgan fingerprint density at radius 1 is 1.02 bits per heavy atom. The highest BCUT2D eigenvalue weighted by molar-refractivity contribution is 6.30. The molecule has 5 rings (SSSR count). The number of fused-ring (bicyclic) bond motifs is 1. The molecule has 1 fully saturated rings. The van der Waals surface area contributed by atoms with E-state index in [2.05, 4.69) is 25.9 Å². The molecule has 0 radical (unpaired) electrons. The summed E-state index contributed by atoms with van der Waals surface area (Å²) in [5.74, 6) is 0.984. The van der Waals surface area contributed by atoms with Crippen molar-refractivity contribution in [2.75, 3.05) is 38.5 Å². The van der Waals surface area contributed by atoms with Gasteiger partial charge in [-0.25, -0.2) is 14.4 Å². The zero-order chi connectivity index (χ0) is 28.8. The van der Waals surface area contributed by atoms with Crippen LogP contribution in [0.1, 0.15) is 24.4 Å². The SMILES string of the molecule is CNc1ncnc2c1ccn2[C@@H]1C[C@H](CNCCCNCCc2ccc(Oc3ccc(Cl)cc3)c(F)c2)[C@@H](O)[C@H]1O. The Balaban J connectivity index is 0.998. The van der Waals surface area contributed by atoms with Crippen LogP contribution in [0.3, 0.4) is 0 Å². The Bertz CT molecular complexity index is 1440. The van der Waals surface area contributed by atoms with Gasteiger partial charge in [0.05, 0.1) is 17.5 Å². The van der Waals surface area contributed by atoms with E-state index in [9.17, 15) is 14.6 Å². The Morgan fingerprint density at radius 3 is 2.61 bits per heavy atom. The molecular weight excluding hydrogens is 547 g/mol. The molecule has 4 aromatic rings. The van der Waals surface area contributed by atoms with Crippen LogP contribution in [0.2, 0.25) is 5.02 Å². The quantitative estimate of drug-likeness (QED) is 0.149. The van der Waals surface area contributed by atoms with Crippen molar-refractivity contribution in [1.82, 2.24) is 25.2 Å². The van der Waals surface area contributed by atoms with Crippen molar-refractivity contribution < 1.29 is 19.3 Å². The molecule has 2 heterocycles. The number of halogens is 2. The van der Waals surface area contributed by atoms with Crippen LogP contribution in [0.5, 0.6) is 11.5 Å². The van der Waals surface area contributed by atoms with E-state index in [1.54, 1.807) is 30.3 Å². The number of nitrogens with zero attached hydrogens (tertiary/aromatic N) is 3. The van der Waals surface area contributed by atoms with Crippen molar-refractivity contribution in [1.29, 1.82) is 0 Å². The number of anilines is 1. The van der Waals surface area contributed by atoms with Crippen LogP contribution in [0.4, 0.5) is 10.2 Å². The predicted molar refractivity (Wildman–Crippen MR) is 158 cm³/mol. The molecule has 1 saturated carbocycles. The molecule has 1 aliphatic rings. The minimum atomic E-state index is -0.866. The highest BCUT2D eigenvalue weighted by atomic mass is 35.5. The number of aromatic nitrogens is 3. The van der Waals surface area contributed by atoms with E-state index in [-0.39, 0.29) is 17.7 Å². The summed E-state index contributed by atoms with van der Waals surface area (Å²) in [6.07, 6.45) is 3.99. The van der Waals surface area contributed by atoms with Crippen molar-refractivity contribution in [3.05, 3.63) is 77.5 Å². The summed E-state index contributed by atoms with van der Waals surface area (Å²) in [4.78, 5) is 8.65. The van der Waals surface area contributed by atoms with Gasteiger partial charge in [-0.05, 0) is 86.9 Å². The zero-order valence-corrected chi connectivity index (χ0v) is 23.7. The van der Waals surface area contributed by atoms with Gasteiger partial charge in [0.1, 0.15) is 29.6 Å². The molecule has 0 amide bonds. The first kappa shape index (κ1) is 29.2. The summed E-state index contributed by atoms with van der Waals surface area (Å²) < 4.78 is 22.0. The van der Waals surface area contributed by atoms with Crippen LogP contribution < -0.4 is 20.7 Å². The first-order valence-corrected chi connectivity index (χ1v) is 14.3. The summed E-state index contributed by atoms with van der Waals surface area (Å²) in [6, 6.07) is 13.5.